The Bertz CT molecular complexity index is 1360. The molecule has 0 bridgehead atoms. The third-order valence-corrected chi connectivity index (χ3v) is 7.46. The van der Waals surface area contributed by atoms with Crippen LogP contribution in [0.2, 0.25) is 0 Å². The molecular formula is C29H41N5O6S. The lowest BCUT2D eigenvalue weighted by atomic mass is 9.71. The van der Waals surface area contributed by atoms with Gasteiger partial charge in [-0.1, -0.05) is 61.4 Å². The number of carbonyl (C=O) groups excluding carboxylic acids is 1. The van der Waals surface area contributed by atoms with Gasteiger partial charge in [-0.3, -0.25) is 5.32 Å². The zero-order valence-corrected chi connectivity index (χ0v) is 25.4. The highest BCUT2D eigenvalue weighted by molar-refractivity contribution is 7.73. The summed E-state index contributed by atoms with van der Waals surface area (Å²) in [7, 11) is -1.46. The summed E-state index contributed by atoms with van der Waals surface area (Å²) in [6, 6.07) is 15.1. The van der Waals surface area contributed by atoms with Crippen molar-refractivity contribution in [2.45, 2.75) is 77.2 Å². The number of nitrogens with two attached hydrogens (primary N) is 1. The molecule has 0 aromatic heterocycles. The monoisotopic (exact) mass is 587 g/mol. The number of carbonyl (C=O) groups is 1. The van der Waals surface area contributed by atoms with Crippen molar-refractivity contribution in [2.75, 3.05) is 13.7 Å². The van der Waals surface area contributed by atoms with Gasteiger partial charge >= 0.3 is 6.09 Å². The van der Waals surface area contributed by atoms with Gasteiger partial charge in [0.25, 0.3) is 0 Å². The summed E-state index contributed by atoms with van der Waals surface area (Å²) in [6.07, 6.45) is -0.182. The predicted molar refractivity (Wildman–Crippen MR) is 159 cm³/mol. The molecule has 0 aliphatic carbocycles. The minimum atomic E-state index is -2.94. The zero-order valence-electron chi connectivity index (χ0n) is 24.5. The molecule has 0 heterocycles. The van der Waals surface area contributed by atoms with E-state index in [0.717, 1.165) is 0 Å². The molecule has 0 spiro atoms. The van der Waals surface area contributed by atoms with Crippen LogP contribution in [0.5, 0.6) is 5.75 Å². The molecule has 4 N–H and O–H groups in total. The quantitative estimate of drug-likeness (QED) is 0.0748. The Labute approximate surface area is 243 Å². The Balaban J connectivity index is 2.80. The Hall–Kier alpha value is -3.57. The summed E-state index contributed by atoms with van der Waals surface area (Å²) in [6.45, 7) is 8.98. The van der Waals surface area contributed by atoms with Crippen LogP contribution < -0.4 is 15.8 Å². The van der Waals surface area contributed by atoms with Crippen LogP contribution in [-0.4, -0.2) is 49.4 Å². The number of hydrogen-bond acceptors (Lipinski definition) is 8. The molecule has 2 unspecified atom stereocenters. The second-order valence-corrected chi connectivity index (χ2v) is 12.7. The van der Waals surface area contributed by atoms with Crippen LogP contribution in [0.4, 0.5) is 4.79 Å². The number of methoxy groups -OCH3 is 1. The Morgan fingerprint density at radius 3 is 2.20 bits per heavy atom. The molecule has 2 rings (SSSR count). The van der Waals surface area contributed by atoms with E-state index in [0.29, 0.717) is 24.2 Å². The molecule has 0 aliphatic rings. The number of ether oxygens (including phenoxy) is 2. The third kappa shape index (κ3) is 9.22. The maximum absolute atomic E-state index is 13.2. The van der Waals surface area contributed by atoms with Crippen molar-refractivity contribution in [3.63, 3.8) is 0 Å². The average molecular weight is 588 g/mol. The molecule has 12 heteroatoms. The van der Waals surface area contributed by atoms with E-state index in [-0.39, 0.29) is 29.8 Å². The lowest BCUT2D eigenvalue weighted by Crippen LogP contribution is -2.73. The topological polar surface area (TPSA) is 177 Å². The molecule has 41 heavy (non-hydrogen) atoms. The molecule has 0 radical (unpaired) electrons. The normalized spacial score (nSPS) is 14.5. The average Bonchev–Trinajstić information content (AvgIpc) is 2.88. The van der Waals surface area contributed by atoms with Crippen LogP contribution in [0.1, 0.15) is 65.0 Å². The van der Waals surface area contributed by atoms with E-state index in [4.69, 9.17) is 20.7 Å². The Morgan fingerprint density at radius 2 is 1.68 bits per heavy atom. The van der Waals surface area contributed by atoms with Gasteiger partial charge < -0.3 is 20.3 Å². The van der Waals surface area contributed by atoms with Crippen molar-refractivity contribution < 1.29 is 27.8 Å². The fraction of sp³-hybridized carbons (Fsp3) is 0.517. The van der Waals surface area contributed by atoms with Crippen molar-refractivity contribution in [3.8, 4) is 5.75 Å². The highest BCUT2D eigenvalue weighted by Gasteiger charge is 2.55. The minimum absolute atomic E-state index is 0.106. The van der Waals surface area contributed by atoms with Crippen LogP contribution in [0, 0.1) is 5.41 Å². The summed E-state index contributed by atoms with van der Waals surface area (Å²) in [5.41, 5.74) is 10.3. The molecule has 0 fully saturated rings. The second kappa shape index (κ2) is 13.9. The zero-order chi connectivity index (χ0) is 30.9. The number of azide groups is 1. The van der Waals surface area contributed by atoms with Gasteiger partial charge in [-0.05, 0) is 74.2 Å². The molecule has 0 saturated heterocycles. The molecule has 2 atom stereocenters. The van der Waals surface area contributed by atoms with Gasteiger partial charge in [0.1, 0.15) is 17.0 Å². The first-order valence-corrected chi connectivity index (χ1v) is 14.3. The fourth-order valence-electron chi connectivity index (χ4n) is 4.67. The summed E-state index contributed by atoms with van der Waals surface area (Å²) >= 11 is 0. The lowest BCUT2D eigenvalue weighted by Gasteiger charge is -2.46. The first-order valence-electron chi connectivity index (χ1n) is 13.2. The molecule has 0 aliphatic heterocycles. The highest BCUT2D eigenvalue weighted by atomic mass is 32.2. The first kappa shape index (κ1) is 33.6. The van der Waals surface area contributed by atoms with Crippen LogP contribution in [0.3, 0.4) is 0 Å². The smallest absolute Gasteiger partial charge is 0.409 e. The van der Waals surface area contributed by atoms with Crippen LogP contribution >= 0.6 is 0 Å². The van der Waals surface area contributed by atoms with E-state index < -0.39 is 38.7 Å². The number of rotatable bonds is 13. The standard InChI is InChI=1S/C29H41N5O6S/c1-26(2,3)40-25(35)33-28(30,19-21-11-8-7-9-12-21)29(36,22-13-15-23(39-6)16-14-22)24(41(37)38)20-27(4,5)17-10-18-32-34-31/h7-9,11-16,36H,10,17-20,30H2,1-6H3,(H,33,35). The first-order chi connectivity index (χ1) is 19.1. The van der Waals surface area contributed by atoms with Crippen molar-refractivity contribution in [2.24, 2.45) is 16.3 Å². The fourth-order valence-corrected chi connectivity index (χ4v) is 5.72. The number of nitrogens with zero attached hydrogens (tertiary/aromatic N) is 3. The van der Waals surface area contributed by atoms with E-state index in [1.54, 1.807) is 57.2 Å². The number of aliphatic hydroxyl groups is 1. The van der Waals surface area contributed by atoms with E-state index in [2.05, 4.69) is 15.3 Å². The molecule has 2 aromatic carbocycles. The van der Waals surface area contributed by atoms with Crippen molar-refractivity contribution in [3.05, 3.63) is 76.2 Å². The summed E-state index contributed by atoms with van der Waals surface area (Å²) < 4.78 is 36.8. The van der Waals surface area contributed by atoms with Gasteiger partial charge in [0.05, 0.1) is 12.0 Å². The van der Waals surface area contributed by atoms with Crippen molar-refractivity contribution >= 4 is 21.3 Å². The number of alkyl carbamates (subject to hydrolysis) is 1. The minimum Gasteiger partial charge on any atom is -0.497 e. The Kier molecular flexibility index (Phi) is 11.4. The van der Waals surface area contributed by atoms with Gasteiger partial charge in [-0.2, -0.15) is 8.42 Å². The molecule has 224 valence electrons. The SMILES string of the molecule is COc1ccc(C(O)(C(CC(C)(C)CCCN=[N+]=[N-])=S(=O)=O)C(N)(Cc2ccccc2)NC(=O)OC(C)(C)C)cc1. The number of benzene rings is 2. The summed E-state index contributed by atoms with van der Waals surface area (Å²) in [5.74, 6) is 0.477. The maximum atomic E-state index is 13.2. The second-order valence-electron chi connectivity index (χ2n) is 11.8. The van der Waals surface area contributed by atoms with E-state index >= 15 is 0 Å². The molecular weight excluding hydrogens is 546 g/mol. The predicted octanol–water partition coefficient (Wildman–Crippen LogP) is 4.86. The van der Waals surface area contributed by atoms with Gasteiger partial charge in [-0.15, -0.1) is 0 Å². The molecule has 1 amide bonds. The summed E-state index contributed by atoms with van der Waals surface area (Å²) in [5, 5.41) is 18.9. The van der Waals surface area contributed by atoms with Gasteiger partial charge in [0.15, 0.2) is 5.60 Å². The van der Waals surface area contributed by atoms with Crippen LogP contribution in [-0.2, 0) is 27.1 Å². The van der Waals surface area contributed by atoms with Gasteiger partial charge in [0, 0.05) is 17.9 Å². The third-order valence-electron chi connectivity index (χ3n) is 6.62. The molecule has 0 saturated carbocycles. The van der Waals surface area contributed by atoms with E-state index in [1.807, 2.05) is 19.9 Å². The summed E-state index contributed by atoms with van der Waals surface area (Å²) in [4.78, 5) is 15.6. The molecule has 11 nitrogen and oxygen atoms in total. The van der Waals surface area contributed by atoms with Crippen molar-refractivity contribution in [1.29, 1.82) is 0 Å². The largest absolute Gasteiger partial charge is 0.497 e. The lowest BCUT2D eigenvalue weighted by molar-refractivity contribution is -0.0106. The highest BCUT2D eigenvalue weighted by Crippen LogP contribution is 2.40. The Morgan fingerprint density at radius 1 is 1.07 bits per heavy atom. The van der Waals surface area contributed by atoms with Crippen LogP contribution in [0.25, 0.3) is 10.4 Å². The van der Waals surface area contributed by atoms with E-state index in [1.165, 1.54) is 19.2 Å². The van der Waals surface area contributed by atoms with Crippen LogP contribution in [0.15, 0.2) is 59.7 Å². The number of nitrogens with one attached hydrogen (secondary N) is 1. The molecule has 2 aromatic rings. The van der Waals surface area contributed by atoms with Gasteiger partial charge in [-0.25, -0.2) is 4.79 Å². The van der Waals surface area contributed by atoms with Gasteiger partial charge in [0.2, 0.25) is 10.3 Å². The van der Waals surface area contributed by atoms with Crippen molar-refractivity contribution in [1.82, 2.24) is 5.32 Å². The number of hydrogen-bond donors (Lipinski definition) is 3. The number of amides is 1. The maximum Gasteiger partial charge on any atom is 0.409 e. The van der Waals surface area contributed by atoms with E-state index in [9.17, 15) is 18.3 Å².